The number of aryl methyl sites for hydroxylation is 1. The van der Waals surface area contributed by atoms with Crippen LogP contribution in [0.25, 0.3) is 5.69 Å². The second-order valence-corrected chi connectivity index (χ2v) is 6.95. The maximum absolute atomic E-state index is 13.1. The number of nitrogens with zero attached hydrogens (tertiary/aromatic N) is 3. The Bertz CT molecular complexity index is 1180. The molecule has 3 aromatic rings. The van der Waals surface area contributed by atoms with Crippen LogP contribution in [0.1, 0.15) is 16.1 Å². The number of carbonyl (C=O) groups is 2. The van der Waals surface area contributed by atoms with E-state index in [1.807, 2.05) is 0 Å². The third-order valence-electron chi connectivity index (χ3n) is 4.05. The fourth-order valence-electron chi connectivity index (χ4n) is 2.60. The smallest absolute Gasteiger partial charge is 0.343 e. The lowest BCUT2D eigenvalue weighted by atomic mass is 10.2. The highest BCUT2D eigenvalue weighted by atomic mass is 35.5. The van der Waals surface area contributed by atoms with E-state index in [4.69, 9.17) is 27.9 Å². The van der Waals surface area contributed by atoms with Gasteiger partial charge in [-0.25, -0.2) is 13.9 Å². The maximum Gasteiger partial charge on any atom is 0.343 e. The summed E-state index contributed by atoms with van der Waals surface area (Å²) in [6, 6.07) is 8.80. The molecule has 0 saturated heterocycles. The van der Waals surface area contributed by atoms with E-state index in [-0.39, 0.29) is 32.8 Å². The molecule has 0 unspecified atom stereocenters. The second kappa shape index (κ2) is 9.11. The number of nitro groups is 1. The number of anilines is 1. The molecule has 0 aliphatic carbocycles. The zero-order chi connectivity index (χ0) is 22.7. The Hall–Kier alpha value is -3.50. The average Bonchev–Trinajstić information content (AvgIpc) is 3.02. The van der Waals surface area contributed by atoms with E-state index >= 15 is 0 Å². The van der Waals surface area contributed by atoms with Crippen LogP contribution in [0.4, 0.5) is 15.8 Å². The summed E-state index contributed by atoms with van der Waals surface area (Å²) in [5, 5.41) is 17.3. The highest BCUT2D eigenvalue weighted by molar-refractivity contribution is 6.34. The number of hydrogen-bond donors (Lipinski definition) is 1. The molecule has 1 N–H and O–H groups in total. The van der Waals surface area contributed by atoms with Crippen LogP contribution in [0.3, 0.4) is 0 Å². The van der Waals surface area contributed by atoms with E-state index < -0.39 is 29.2 Å². The van der Waals surface area contributed by atoms with Crippen molar-refractivity contribution in [2.45, 2.75) is 6.92 Å². The molecule has 0 radical (unpaired) electrons. The molecule has 0 saturated carbocycles. The van der Waals surface area contributed by atoms with Crippen LogP contribution >= 0.6 is 23.2 Å². The summed E-state index contributed by atoms with van der Waals surface area (Å²) in [5.41, 5.74) is 0.322. The highest BCUT2D eigenvalue weighted by Crippen LogP contribution is 2.27. The molecule has 0 aliphatic rings. The monoisotopic (exact) mass is 466 g/mol. The molecular weight excluding hydrogens is 454 g/mol. The van der Waals surface area contributed by atoms with Gasteiger partial charge in [0.15, 0.2) is 6.61 Å². The molecule has 9 nitrogen and oxygen atoms in total. The molecule has 1 heterocycles. The minimum atomic E-state index is -0.906. The van der Waals surface area contributed by atoms with Gasteiger partial charge in [0, 0.05) is 12.1 Å². The van der Waals surface area contributed by atoms with E-state index in [0.29, 0.717) is 5.69 Å². The van der Waals surface area contributed by atoms with Gasteiger partial charge in [-0.1, -0.05) is 23.2 Å². The second-order valence-electron chi connectivity index (χ2n) is 6.19. The Morgan fingerprint density at radius 3 is 2.55 bits per heavy atom. The van der Waals surface area contributed by atoms with Crippen molar-refractivity contribution in [3.63, 3.8) is 0 Å². The molecular formula is C19H13Cl2FN4O5. The van der Waals surface area contributed by atoms with E-state index in [0.717, 1.165) is 6.07 Å². The number of ether oxygens (including phenoxy) is 1. The number of rotatable bonds is 6. The molecule has 2 aromatic carbocycles. The van der Waals surface area contributed by atoms with Crippen molar-refractivity contribution in [2.75, 3.05) is 11.9 Å². The number of benzene rings is 2. The molecule has 0 spiro atoms. The molecule has 0 aliphatic heterocycles. The minimum absolute atomic E-state index is 0.00439. The van der Waals surface area contributed by atoms with Crippen molar-refractivity contribution < 1.29 is 23.6 Å². The number of hydrogen-bond acceptors (Lipinski definition) is 6. The number of halogens is 3. The van der Waals surface area contributed by atoms with E-state index in [1.165, 1.54) is 48.0 Å². The van der Waals surface area contributed by atoms with Gasteiger partial charge >= 0.3 is 5.97 Å². The largest absolute Gasteiger partial charge is 0.452 e. The average molecular weight is 467 g/mol. The molecule has 1 amide bonds. The highest BCUT2D eigenvalue weighted by Gasteiger charge is 2.23. The summed E-state index contributed by atoms with van der Waals surface area (Å²) >= 11 is 12.2. The van der Waals surface area contributed by atoms with Gasteiger partial charge in [-0.2, -0.15) is 5.10 Å². The first-order valence-corrected chi connectivity index (χ1v) is 9.35. The summed E-state index contributed by atoms with van der Waals surface area (Å²) < 4.78 is 19.3. The third kappa shape index (κ3) is 4.98. The van der Waals surface area contributed by atoms with Crippen LogP contribution in [0.2, 0.25) is 10.2 Å². The maximum atomic E-state index is 13.1. The molecule has 0 fully saturated rings. The van der Waals surface area contributed by atoms with Crippen LogP contribution in [-0.2, 0) is 9.53 Å². The summed E-state index contributed by atoms with van der Waals surface area (Å²) in [6.45, 7) is 0.820. The fraction of sp³-hybridized carbons (Fsp3) is 0.105. The van der Waals surface area contributed by atoms with Gasteiger partial charge in [-0.05, 0) is 37.3 Å². The zero-order valence-electron chi connectivity index (χ0n) is 15.8. The van der Waals surface area contributed by atoms with Crippen molar-refractivity contribution >= 4 is 46.5 Å². The number of amides is 1. The van der Waals surface area contributed by atoms with Crippen LogP contribution < -0.4 is 5.32 Å². The molecule has 1 aromatic heterocycles. The summed E-state index contributed by atoms with van der Waals surface area (Å²) in [6.07, 6.45) is 0. The van der Waals surface area contributed by atoms with Gasteiger partial charge in [0.05, 0.1) is 27.0 Å². The fourth-order valence-corrected chi connectivity index (χ4v) is 3.11. The standard InChI is InChI=1S/C19H13Cl2FN4O5/c1-10-17(18(21)25(24-10)12-4-2-11(22)3-5-12)19(28)31-9-16(27)23-15-8-13(26(29)30)6-7-14(15)20/h2-8H,9H2,1H3,(H,23,27). The lowest BCUT2D eigenvalue weighted by molar-refractivity contribution is -0.384. The van der Waals surface area contributed by atoms with Gasteiger partial charge in [-0.15, -0.1) is 0 Å². The van der Waals surface area contributed by atoms with Gasteiger partial charge in [-0.3, -0.25) is 14.9 Å². The van der Waals surface area contributed by atoms with Crippen molar-refractivity contribution in [3.05, 3.63) is 79.8 Å². The quantitative estimate of drug-likeness (QED) is 0.328. The van der Waals surface area contributed by atoms with Crippen LogP contribution in [-0.4, -0.2) is 33.2 Å². The number of aromatic nitrogens is 2. The molecule has 12 heteroatoms. The van der Waals surface area contributed by atoms with Gasteiger partial charge < -0.3 is 10.1 Å². The normalized spacial score (nSPS) is 10.6. The van der Waals surface area contributed by atoms with Crippen LogP contribution in [0.15, 0.2) is 42.5 Å². The van der Waals surface area contributed by atoms with E-state index in [9.17, 15) is 24.1 Å². The number of carbonyl (C=O) groups excluding carboxylic acids is 2. The zero-order valence-corrected chi connectivity index (χ0v) is 17.3. The van der Waals surface area contributed by atoms with Crippen LogP contribution in [0.5, 0.6) is 0 Å². The first-order valence-electron chi connectivity index (χ1n) is 8.59. The minimum Gasteiger partial charge on any atom is -0.452 e. The summed E-state index contributed by atoms with van der Waals surface area (Å²) in [4.78, 5) is 34.7. The van der Waals surface area contributed by atoms with Crippen LogP contribution in [0, 0.1) is 22.9 Å². The van der Waals surface area contributed by atoms with Crippen molar-refractivity contribution in [2.24, 2.45) is 0 Å². The summed E-state index contributed by atoms with van der Waals surface area (Å²) in [7, 11) is 0. The third-order valence-corrected chi connectivity index (χ3v) is 4.73. The SMILES string of the molecule is Cc1nn(-c2ccc(F)cc2)c(Cl)c1C(=O)OCC(=O)Nc1cc([N+](=O)[O-])ccc1Cl. The van der Waals surface area contributed by atoms with Gasteiger partial charge in [0.2, 0.25) is 0 Å². The first kappa shape index (κ1) is 22.2. The van der Waals surface area contributed by atoms with Gasteiger partial charge in [0.25, 0.3) is 11.6 Å². The molecule has 0 bridgehead atoms. The number of nitrogens with one attached hydrogen (secondary N) is 1. The van der Waals surface area contributed by atoms with Crippen molar-refractivity contribution in [1.82, 2.24) is 9.78 Å². The van der Waals surface area contributed by atoms with E-state index in [2.05, 4.69) is 10.4 Å². The lowest BCUT2D eigenvalue weighted by Gasteiger charge is -2.08. The summed E-state index contributed by atoms with van der Waals surface area (Å²) in [5.74, 6) is -2.12. The predicted octanol–water partition coefficient (Wildman–Crippen LogP) is 4.33. The topological polar surface area (TPSA) is 116 Å². The number of nitro benzene ring substituents is 1. The Balaban J connectivity index is 1.70. The Kier molecular flexibility index (Phi) is 6.52. The molecule has 31 heavy (non-hydrogen) atoms. The Morgan fingerprint density at radius 2 is 1.90 bits per heavy atom. The lowest BCUT2D eigenvalue weighted by Crippen LogP contribution is -2.21. The first-order chi connectivity index (χ1) is 14.7. The number of esters is 1. The molecule has 160 valence electrons. The van der Waals surface area contributed by atoms with E-state index in [1.54, 1.807) is 0 Å². The van der Waals surface area contributed by atoms with Crippen molar-refractivity contribution in [1.29, 1.82) is 0 Å². The Labute approximate surface area is 184 Å². The van der Waals surface area contributed by atoms with Gasteiger partial charge in [0.1, 0.15) is 16.5 Å². The predicted molar refractivity (Wildman–Crippen MR) is 110 cm³/mol. The number of non-ortho nitro benzene ring substituents is 1. The molecule has 3 rings (SSSR count). The molecule has 0 atom stereocenters. The Morgan fingerprint density at radius 1 is 1.23 bits per heavy atom. The van der Waals surface area contributed by atoms with Crippen molar-refractivity contribution in [3.8, 4) is 5.69 Å².